The number of rotatable bonds is 5. The van der Waals surface area contributed by atoms with E-state index in [2.05, 4.69) is 4.72 Å². The molecule has 1 aromatic rings. The number of hydrogen-bond donors (Lipinski definition) is 2. The molecule has 0 aliphatic heterocycles. The number of hydrogen-bond acceptors (Lipinski definition) is 5. The molecule has 7 nitrogen and oxygen atoms in total. The van der Waals surface area contributed by atoms with Gasteiger partial charge in [-0.25, -0.2) is 13.1 Å². The molecule has 0 radical (unpaired) electrons. The van der Waals surface area contributed by atoms with Crippen LogP contribution in [0.5, 0.6) is 0 Å². The molecule has 0 aliphatic rings. The number of nitro benzene ring substituents is 1. The SMILES string of the molecule is CCC(C)(C)NS(=O)(=O)c1ccc([N+](=O)[O-])cc1N. The third-order valence-electron chi connectivity index (χ3n) is 2.79. The molecule has 0 heterocycles. The maximum absolute atomic E-state index is 12.1. The first-order chi connectivity index (χ1) is 8.59. The third-order valence-corrected chi connectivity index (χ3v) is 4.56. The molecule has 0 unspecified atom stereocenters. The summed E-state index contributed by atoms with van der Waals surface area (Å²) in [5.74, 6) is 0. The van der Waals surface area contributed by atoms with Gasteiger partial charge in [0.15, 0.2) is 0 Å². The molecule has 106 valence electrons. The van der Waals surface area contributed by atoms with E-state index in [1.807, 2.05) is 6.92 Å². The van der Waals surface area contributed by atoms with Crippen molar-refractivity contribution in [1.82, 2.24) is 4.72 Å². The van der Waals surface area contributed by atoms with Gasteiger partial charge in [-0.3, -0.25) is 10.1 Å². The molecule has 0 atom stereocenters. The highest BCUT2D eigenvalue weighted by molar-refractivity contribution is 7.89. The zero-order chi connectivity index (χ0) is 14.8. The second-order valence-electron chi connectivity index (χ2n) is 4.82. The number of nitrogens with two attached hydrogens (primary N) is 1. The number of nitrogens with one attached hydrogen (secondary N) is 1. The van der Waals surface area contributed by atoms with E-state index in [9.17, 15) is 18.5 Å². The van der Waals surface area contributed by atoms with Crippen molar-refractivity contribution < 1.29 is 13.3 Å². The van der Waals surface area contributed by atoms with Gasteiger partial charge in [0.05, 0.1) is 10.6 Å². The minimum Gasteiger partial charge on any atom is -0.397 e. The Bertz CT molecular complexity index is 596. The first kappa shape index (κ1) is 15.4. The molecule has 0 saturated heterocycles. The molecular formula is C11H17N3O4S. The van der Waals surface area contributed by atoms with Crippen LogP contribution >= 0.6 is 0 Å². The van der Waals surface area contributed by atoms with Crippen LogP contribution in [0.3, 0.4) is 0 Å². The lowest BCUT2D eigenvalue weighted by molar-refractivity contribution is -0.384. The molecule has 0 aromatic heterocycles. The Morgan fingerprint density at radius 2 is 2.00 bits per heavy atom. The van der Waals surface area contributed by atoms with Crippen LogP contribution in [0.1, 0.15) is 27.2 Å². The summed E-state index contributed by atoms with van der Waals surface area (Å²) in [6, 6.07) is 3.29. The molecule has 0 aliphatic carbocycles. The van der Waals surface area contributed by atoms with E-state index in [0.717, 1.165) is 18.2 Å². The number of nitro groups is 1. The predicted octanol–water partition coefficient (Wildman–Crippen LogP) is 1.64. The minimum atomic E-state index is -3.80. The lowest BCUT2D eigenvalue weighted by Gasteiger charge is -2.24. The highest BCUT2D eigenvalue weighted by Gasteiger charge is 2.26. The first-order valence-corrected chi connectivity index (χ1v) is 7.15. The van der Waals surface area contributed by atoms with Gasteiger partial charge in [-0.2, -0.15) is 0 Å². The smallest absolute Gasteiger partial charge is 0.271 e. The highest BCUT2D eigenvalue weighted by Crippen LogP contribution is 2.25. The molecule has 0 saturated carbocycles. The quantitative estimate of drug-likeness (QED) is 0.485. The van der Waals surface area contributed by atoms with E-state index >= 15 is 0 Å². The number of anilines is 1. The predicted molar refractivity (Wildman–Crippen MR) is 72.2 cm³/mol. The molecule has 1 aromatic carbocycles. The number of non-ortho nitro benzene ring substituents is 1. The second kappa shape index (κ2) is 5.14. The van der Waals surface area contributed by atoms with E-state index in [1.165, 1.54) is 0 Å². The van der Waals surface area contributed by atoms with Crippen molar-refractivity contribution in [3.63, 3.8) is 0 Å². The molecule has 8 heteroatoms. The molecular weight excluding hydrogens is 270 g/mol. The fraction of sp³-hybridized carbons (Fsp3) is 0.455. The molecule has 3 N–H and O–H groups in total. The van der Waals surface area contributed by atoms with Gasteiger partial charge in [-0.05, 0) is 26.3 Å². The van der Waals surface area contributed by atoms with Gasteiger partial charge in [0, 0.05) is 17.7 Å². The Morgan fingerprint density at radius 3 is 2.42 bits per heavy atom. The summed E-state index contributed by atoms with van der Waals surface area (Å²) in [6.07, 6.45) is 0.596. The van der Waals surface area contributed by atoms with Gasteiger partial charge < -0.3 is 5.73 Å². The maximum atomic E-state index is 12.1. The Balaban J connectivity index is 3.20. The fourth-order valence-electron chi connectivity index (χ4n) is 1.39. The standard InChI is InChI=1S/C11H17N3O4S/c1-4-11(2,3)13-19(17,18)10-6-5-8(14(15)16)7-9(10)12/h5-7,13H,4,12H2,1-3H3. The van der Waals surface area contributed by atoms with E-state index < -0.39 is 20.5 Å². The average molecular weight is 287 g/mol. The number of nitrogens with zero attached hydrogens (tertiary/aromatic N) is 1. The van der Waals surface area contributed by atoms with Crippen LogP contribution in [-0.4, -0.2) is 18.9 Å². The van der Waals surface area contributed by atoms with Gasteiger partial charge in [0.2, 0.25) is 10.0 Å². The van der Waals surface area contributed by atoms with E-state index in [0.29, 0.717) is 6.42 Å². The highest BCUT2D eigenvalue weighted by atomic mass is 32.2. The van der Waals surface area contributed by atoms with Crippen molar-refractivity contribution in [3.05, 3.63) is 28.3 Å². The van der Waals surface area contributed by atoms with E-state index in [1.54, 1.807) is 13.8 Å². The fourth-order valence-corrected chi connectivity index (χ4v) is 2.98. The van der Waals surface area contributed by atoms with Gasteiger partial charge in [-0.15, -0.1) is 0 Å². The molecule has 0 bridgehead atoms. The summed E-state index contributed by atoms with van der Waals surface area (Å²) in [5, 5.41) is 10.6. The minimum absolute atomic E-state index is 0.145. The monoisotopic (exact) mass is 287 g/mol. The van der Waals surface area contributed by atoms with Crippen molar-refractivity contribution in [2.75, 3.05) is 5.73 Å². The molecule has 19 heavy (non-hydrogen) atoms. The first-order valence-electron chi connectivity index (χ1n) is 5.67. The largest absolute Gasteiger partial charge is 0.397 e. The number of nitrogen functional groups attached to an aromatic ring is 1. The number of sulfonamides is 1. The van der Waals surface area contributed by atoms with Crippen molar-refractivity contribution in [3.8, 4) is 0 Å². The van der Waals surface area contributed by atoms with Crippen molar-refractivity contribution in [1.29, 1.82) is 0 Å². The summed E-state index contributed by atoms with van der Waals surface area (Å²) >= 11 is 0. The third kappa shape index (κ3) is 3.65. The van der Waals surface area contributed by atoms with Gasteiger partial charge in [-0.1, -0.05) is 6.92 Å². The Morgan fingerprint density at radius 1 is 1.42 bits per heavy atom. The molecule has 0 fully saturated rings. The van der Waals surface area contributed by atoms with Crippen LogP contribution in [0, 0.1) is 10.1 Å². The number of benzene rings is 1. The Hall–Kier alpha value is -1.67. The second-order valence-corrected chi connectivity index (χ2v) is 6.47. The van der Waals surface area contributed by atoms with Crippen molar-refractivity contribution in [2.24, 2.45) is 0 Å². The average Bonchev–Trinajstić information content (AvgIpc) is 2.27. The summed E-state index contributed by atoms with van der Waals surface area (Å²) in [5.41, 5.74) is 4.57. The topological polar surface area (TPSA) is 115 Å². The normalized spacial score (nSPS) is 12.4. The van der Waals surface area contributed by atoms with Crippen molar-refractivity contribution >= 4 is 21.4 Å². The van der Waals surface area contributed by atoms with Crippen LogP contribution in [0.25, 0.3) is 0 Å². The van der Waals surface area contributed by atoms with Crippen LogP contribution in [0.15, 0.2) is 23.1 Å². The van der Waals surface area contributed by atoms with Crippen LogP contribution in [0.4, 0.5) is 11.4 Å². The van der Waals surface area contributed by atoms with Gasteiger partial charge >= 0.3 is 0 Å². The summed E-state index contributed by atoms with van der Waals surface area (Å²) in [7, 11) is -3.80. The molecule has 0 amide bonds. The van der Waals surface area contributed by atoms with Gasteiger partial charge in [0.1, 0.15) is 4.90 Å². The lowest BCUT2D eigenvalue weighted by Crippen LogP contribution is -2.42. The Kier molecular flexibility index (Phi) is 4.16. The summed E-state index contributed by atoms with van der Waals surface area (Å²) in [6.45, 7) is 5.33. The summed E-state index contributed by atoms with van der Waals surface area (Å²) in [4.78, 5) is 9.79. The van der Waals surface area contributed by atoms with E-state index in [4.69, 9.17) is 5.73 Å². The maximum Gasteiger partial charge on any atom is 0.271 e. The lowest BCUT2D eigenvalue weighted by atomic mass is 10.0. The molecule has 1 rings (SSSR count). The zero-order valence-electron chi connectivity index (χ0n) is 11.0. The van der Waals surface area contributed by atoms with Crippen LogP contribution in [0.2, 0.25) is 0 Å². The van der Waals surface area contributed by atoms with Crippen LogP contribution in [-0.2, 0) is 10.0 Å². The molecule has 0 spiro atoms. The van der Waals surface area contributed by atoms with Crippen LogP contribution < -0.4 is 10.5 Å². The van der Waals surface area contributed by atoms with E-state index in [-0.39, 0.29) is 16.3 Å². The zero-order valence-corrected chi connectivity index (χ0v) is 11.8. The van der Waals surface area contributed by atoms with Crippen molar-refractivity contribution in [2.45, 2.75) is 37.6 Å². The summed E-state index contributed by atoms with van der Waals surface area (Å²) < 4.78 is 26.8. The Labute approximate surface area is 112 Å². The van der Waals surface area contributed by atoms with Gasteiger partial charge in [0.25, 0.3) is 5.69 Å².